The van der Waals surface area contributed by atoms with E-state index in [-0.39, 0.29) is 54.3 Å². The minimum atomic E-state index is -4.97. The summed E-state index contributed by atoms with van der Waals surface area (Å²) in [5, 5.41) is 2.48. The highest BCUT2D eigenvalue weighted by atomic mass is 19.4. The zero-order valence-corrected chi connectivity index (χ0v) is 24.4. The van der Waals surface area contributed by atoms with Gasteiger partial charge in [-0.1, -0.05) is 30.3 Å². The van der Waals surface area contributed by atoms with Crippen molar-refractivity contribution < 1.29 is 45.5 Å². The Hall–Kier alpha value is -3.61. The molecule has 44 heavy (non-hydrogen) atoms. The Morgan fingerprint density at radius 2 is 1.45 bits per heavy atom. The monoisotopic (exact) mass is 627 g/mol. The second-order valence-corrected chi connectivity index (χ2v) is 11.3. The van der Waals surface area contributed by atoms with Crippen molar-refractivity contribution in [2.45, 2.75) is 63.6 Å². The number of amides is 3. The van der Waals surface area contributed by atoms with Crippen LogP contribution in [0.15, 0.2) is 48.5 Å². The van der Waals surface area contributed by atoms with Gasteiger partial charge in [-0.15, -0.1) is 0 Å². The van der Waals surface area contributed by atoms with Gasteiger partial charge in [0.15, 0.2) is 0 Å². The van der Waals surface area contributed by atoms with E-state index in [2.05, 4.69) is 5.32 Å². The molecule has 2 saturated heterocycles. The largest absolute Gasteiger partial charge is 0.416 e. The first-order chi connectivity index (χ1) is 20.6. The van der Waals surface area contributed by atoms with Crippen LogP contribution in [0.5, 0.6) is 0 Å². The van der Waals surface area contributed by atoms with E-state index < -0.39 is 35.7 Å². The molecule has 0 aromatic heterocycles. The summed E-state index contributed by atoms with van der Waals surface area (Å²) in [5.74, 6) is -1.27. The number of hydrogen-bond donors (Lipinski definition) is 1. The van der Waals surface area contributed by atoms with E-state index in [1.807, 2.05) is 30.3 Å². The van der Waals surface area contributed by atoms with Gasteiger partial charge in [0, 0.05) is 44.9 Å². The van der Waals surface area contributed by atoms with Gasteiger partial charge in [0.05, 0.1) is 29.9 Å². The number of alkyl halides is 6. The van der Waals surface area contributed by atoms with Gasteiger partial charge in [-0.25, -0.2) is 0 Å². The molecule has 7 nitrogen and oxygen atoms in total. The molecule has 3 atom stereocenters. The predicted octanol–water partition coefficient (Wildman–Crippen LogP) is 5.56. The van der Waals surface area contributed by atoms with E-state index in [0.717, 1.165) is 5.56 Å². The van der Waals surface area contributed by atoms with Gasteiger partial charge in [0.25, 0.3) is 0 Å². The van der Waals surface area contributed by atoms with E-state index in [9.17, 15) is 40.7 Å². The number of halogens is 6. The van der Waals surface area contributed by atoms with Crippen LogP contribution in [0.4, 0.5) is 26.3 Å². The summed E-state index contributed by atoms with van der Waals surface area (Å²) < 4.78 is 86.9. The Labute approximate surface area is 251 Å². The average molecular weight is 628 g/mol. The van der Waals surface area contributed by atoms with Crippen molar-refractivity contribution in [1.29, 1.82) is 0 Å². The molecule has 3 amide bonds. The molecule has 2 aliphatic heterocycles. The molecule has 0 spiro atoms. The number of nitrogens with one attached hydrogen (secondary N) is 1. The van der Waals surface area contributed by atoms with Gasteiger partial charge in [-0.3, -0.25) is 14.4 Å². The molecular weight excluding hydrogens is 592 g/mol. The molecule has 2 heterocycles. The van der Waals surface area contributed by atoms with E-state index >= 15 is 0 Å². The minimum Gasteiger partial charge on any atom is -0.370 e. The van der Waals surface area contributed by atoms with Crippen LogP contribution in [0.25, 0.3) is 0 Å². The van der Waals surface area contributed by atoms with Crippen LogP contribution in [-0.2, 0) is 31.5 Å². The Morgan fingerprint density at radius 1 is 0.886 bits per heavy atom. The number of likely N-dealkylation sites (tertiary alicyclic amines) is 2. The van der Waals surface area contributed by atoms with Gasteiger partial charge in [-0.05, 0) is 55.5 Å². The van der Waals surface area contributed by atoms with Crippen LogP contribution >= 0.6 is 0 Å². The number of nitrogens with zero attached hydrogens (tertiary/aromatic N) is 2. The Kier molecular flexibility index (Phi) is 10.3. The number of carbonyl (C=O) groups excluding carboxylic acids is 3. The summed E-state index contributed by atoms with van der Waals surface area (Å²) in [4.78, 5) is 40.3. The van der Waals surface area contributed by atoms with E-state index in [4.69, 9.17) is 4.74 Å². The van der Waals surface area contributed by atoms with E-state index in [0.29, 0.717) is 51.0 Å². The second-order valence-electron chi connectivity index (χ2n) is 11.3. The summed E-state index contributed by atoms with van der Waals surface area (Å²) >= 11 is 0. The first kappa shape index (κ1) is 33.3. The first-order valence-electron chi connectivity index (χ1n) is 14.4. The van der Waals surface area contributed by atoms with Crippen LogP contribution in [0.1, 0.15) is 67.4 Å². The molecule has 0 saturated carbocycles. The van der Waals surface area contributed by atoms with Gasteiger partial charge >= 0.3 is 12.4 Å². The highest BCUT2D eigenvalue weighted by molar-refractivity contribution is 5.84. The van der Waals surface area contributed by atoms with Crippen LogP contribution in [0, 0.1) is 5.92 Å². The van der Waals surface area contributed by atoms with Gasteiger partial charge in [0.1, 0.15) is 0 Å². The summed E-state index contributed by atoms with van der Waals surface area (Å²) in [6.07, 6.45) is -10.3. The molecule has 0 unspecified atom stereocenters. The lowest BCUT2D eigenvalue weighted by Crippen LogP contribution is -2.50. The smallest absolute Gasteiger partial charge is 0.370 e. The molecular formula is C31H35F6N3O4. The van der Waals surface area contributed by atoms with E-state index in [1.54, 1.807) is 9.80 Å². The van der Waals surface area contributed by atoms with Crippen molar-refractivity contribution in [2.24, 2.45) is 5.92 Å². The standard InChI is InChI=1S/C31H35F6N3O4/c1-19(23-14-24(30(32,33)34)16-25(15-23)31(35,36)37)44-27-10-13-40(18-26(27)21-6-4-3-5-7-21)29(43)22-8-11-39(12-9-22)28(42)17-38-20(2)41/h3-7,14-16,19,22,26-27H,8-13,17-18H2,1-2H3,(H,38,41)/t19-,26+,27+/m1/s1. The molecule has 4 rings (SSSR count). The van der Waals surface area contributed by atoms with Crippen molar-refractivity contribution in [2.75, 3.05) is 32.7 Å². The highest BCUT2D eigenvalue weighted by Crippen LogP contribution is 2.40. The number of ether oxygens (including phenoxy) is 1. The average Bonchev–Trinajstić information content (AvgIpc) is 2.99. The van der Waals surface area contributed by atoms with Gasteiger partial charge in [0.2, 0.25) is 17.7 Å². The Morgan fingerprint density at radius 3 is 2.00 bits per heavy atom. The van der Waals surface area contributed by atoms with Crippen molar-refractivity contribution >= 4 is 17.7 Å². The Bertz CT molecular complexity index is 1290. The molecule has 2 aromatic carbocycles. The van der Waals surface area contributed by atoms with Crippen LogP contribution < -0.4 is 5.32 Å². The molecule has 1 N–H and O–H groups in total. The number of rotatable bonds is 7. The molecule has 13 heteroatoms. The lowest BCUT2D eigenvalue weighted by Gasteiger charge is -2.42. The lowest BCUT2D eigenvalue weighted by molar-refractivity contribution is -0.144. The van der Waals surface area contributed by atoms with Crippen LogP contribution in [-0.4, -0.2) is 66.3 Å². The van der Waals surface area contributed by atoms with Gasteiger partial charge in [-0.2, -0.15) is 26.3 Å². The second kappa shape index (κ2) is 13.6. The van der Waals surface area contributed by atoms with Crippen molar-refractivity contribution in [1.82, 2.24) is 15.1 Å². The summed E-state index contributed by atoms with van der Waals surface area (Å²) in [6, 6.07) is 10.6. The third-order valence-electron chi connectivity index (χ3n) is 8.23. The fourth-order valence-corrected chi connectivity index (χ4v) is 5.81. The van der Waals surface area contributed by atoms with Crippen molar-refractivity contribution in [3.8, 4) is 0 Å². The first-order valence-corrected chi connectivity index (χ1v) is 14.4. The maximum absolute atomic E-state index is 13.5. The maximum atomic E-state index is 13.5. The highest BCUT2D eigenvalue weighted by Gasteiger charge is 2.40. The fraction of sp³-hybridized carbons (Fsp3) is 0.516. The molecule has 0 bridgehead atoms. The van der Waals surface area contributed by atoms with Crippen LogP contribution in [0.2, 0.25) is 0 Å². The number of hydrogen-bond acceptors (Lipinski definition) is 4. The van der Waals surface area contributed by atoms with Gasteiger partial charge < -0.3 is 19.9 Å². The van der Waals surface area contributed by atoms with Crippen molar-refractivity contribution in [3.05, 3.63) is 70.8 Å². The topological polar surface area (TPSA) is 79.0 Å². The zero-order chi connectivity index (χ0) is 32.2. The number of benzene rings is 2. The normalized spacial score (nSPS) is 20.7. The molecule has 2 aromatic rings. The molecule has 0 aliphatic carbocycles. The third kappa shape index (κ3) is 8.30. The zero-order valence-electron chi connectivity index (χ0n) is 24.4. The van der Waals surface area contributed by atoms with E-state index in [1.165, 1.54) is 13.8 Å². The third-order valence-corrected chi connectivity index (χ3v) is 8.23. The Balaban J connectivity index is 1.47. The maximum Gasteiger partial charge on any atom is 0.416 e. The SMILES string of the molecule is CC(=O)NCC(=O)N1CCC(C(=O)N2CC[C@H](O[C@H](C)c3cc(C(F)(F)F)cc(C(F)(F)F)c3)[C@H](c3ccccc3)C2)CC1. The summed E-state index contributed by atoms with van der Waals surface area (Å²) in [5.41, 5.74) is -2.21. The molecule has 2 fully saturated rings. The fourth-order valence-electron chi connectivity index (χ4n) is 5.81. The number of piperidine rings is 2. The molecule has 0 radical (unpaired) electrons. The summed E-state index contributed by atoms with van der Waals surface area (Å²) in [7, 11) is 0. The number of carbonyl (C=O) groups is 3. The summed E-state index contributed by atoms with van der Waals surface area (Å²) in [6.45, 7) is 3.98. The predicted molar refractivity (Wildman–Crippen MR) is 148 cm³/mol. The molecule has 2 aliphatic rings. The molecule has 240 valence electrons. The minimum absolute atomic E-state index is 0.0703. The van der Waals surface area contributed by atoms with Crippen molar-refractivity contribution in [3.63, 3.8) is 0 Å². The lowest BCUT2D eigenvalue weighted by atomic mass is 9.86. The quantitative estimate of drug-likeness (QED) is 0.408. The van der Waals surface area contributed by atoms with Crippen LogP contribution in [0.3, 0.4) is 0 Å².